The largest absolute Gasteiger partial charge is 0.497 e. The molecule has 2 aliphatic heterocycles. The van der Waals surface area contributed by atoms with Gasteiger partial charge in [-0.05, 0) is 43.3 Å². The Kier molecular flexibility index (Phi) is 5.25. The molecule has 36 heavy (non-hydrogen) atoms. The molecule has 1 saturated heterocycles. The van der Waals surface area contributed by atoms with Gasteiger partial charge in [0.05, 0.1) is 42.1 Å². The average molecular weight is 483 g/mol. The van der Waals surface area contributed by atoms with E-state index in [1.165, 1.54) is 0 Å². The first-order chi connectivity index (χ1) is 17.5. The maximum atomic E-state index is 13.4. The maximum absolute atomic E-state index is 13.4. The molecule has 0 atom stereocenters. The van der Waals surface area contributed by atoms with Crippen molar-refractivity contribution in [2.75, 3.05) is 20.2 Å². The Morgan fingerprint density at radius 3 is 2.69 bits per heavy atom. The molecule has 0 aliphatic carbocycles. The van der Waals surface area contributed by atoms with E-state index in [1.54, 1.807) is 36.2 Å². The second-order valence-electron chi connectivity index (χ2n) is 9.46. The first-order valence-electron chi connectivity index (χ1n) is 12.1. The second kappa shape index (κ2) is 8.48. The summed E-state index contributed by atoms with van der Waals surface area (Å²) in [5, 5.41) is 5.52. The highest BCUT2D eigenvalue weighted by Gasteiger charge is 2.44. The van der Waals surface area contributed by atoms with E-state index < -0.39 is 5.60 Å². The number of piperidine rings is 1. The van der Waals surface area contributed by atoms with Crippen molar-refractivity contribution < 1.29 is 19.1 Å². The number of hydrogen-bond donors (Lipinski definition) is 0. The fourth-order valence-electron chi connectivity index (χ4n) is 5.19. The topological polar surface area (TPSA) is 86.6 Å². The maximum Gasteiger partial charge on any atom is 0.257 e. The molecule has 182 valence electrons. The van der Waals surface area contributed by atoms with Crippen LogP contribution in [0.15, 0.2) is 60.8 Å². The van der Waals surface area contributed by atoms with E-state index in [4.69, 9.17) is 14.5 Å². The fourth-order valence-corrected chi connectivity index (χ4v) is 5.19. The van der Waals surface area contributed by atoms with Crippen LogP contribution in [0.4, 0.5) is 0 Å². The predicted molar refractivity (Wildman–Crippen MR) is 134 cm³/mol. The molecule has 0 bridgehead atoms. The van der Waals surface area contributed by atoms with E-state index >= 15 is 0 Å². The van der Waals surface area contributed by atoms with Gasteiger partial charge in [-0.1, -0.05) is 18.2 Å². The molecule has 0 N–H and O–H groups in total. The van der Waals surface area contributed by atoms with E-state index in [9.17, 15) is 9.59 Å². The lowest BCUT2D eigenvalue weighted by atomic mass is 9.82. The van der Waals surface area contributed by atoms with E-state index in [-0.39, 0.29) is 11.7 Å². The van der Waals surface area contributed by atoms with Gasteiger partial charge in [-0.3, -0.25) is 9.59 Å². The van der Waals surface area contributed by atoms with Crippen molar-refractivity contribution in [3.05, 3.63) is 77.6 Å². The number of hydrogen-bond acceptors (Lipinski definition) is 6. The number of ketones is 1. The number of benzene rings is 2. The number of amides is 1. The number of likely N-dealkylation sites (tertiary alicyclic amines) is 1. The summed E-state index contributed by atoms with van der Waals surface area (Å²) < 4.78 is 13.3. The first kappa shape index (κ1) is 22.3. The molecule has 2 aromatic carbocycles. The lowest BCUT2D eigenvalue weighted by molar-refractivity contribution is -0.00578. The van der Waals surface area contributed by atoms with Crippen LogP contribution in [0.5, 0.6) is 11.5 Å². The monoisotopic (exact) mass is 482 g/mol. The highest BCUT2D eigenvalue weighted by atomic mass is 16.5. The molecular formula is C28H26N4O4. The summed E-state index contributed by atoms with van der Waals surface area (Å²) >= 11 is 0. The molecule has 0 unspecified atom stereocenters. The summed E-state index contributed by atoms with van der Waals surface area (Å²) in [5.41, 5.74) is 2.16. The van der Waals surface area contributed by atoms with Crippen LogP contribution < -0.4 is 9.47 Å². The predicted octanol–water partition coefficient (Wildman–Crippen LogP) is 4.38. The molecule has 0 radical (unpaired) electrons. The molecule has 8 heteroatoms. The van der Waals surface area contributed by atoms with E-state index in [0.717, 1.165) is 16.6 Å². The number of para-hydroxylation sites is 1. The van der Waals surface area contributed by atoms with Crippen molar-refractivity contribution in [3.8, 4) is 17.3 Å². The van der Waals surface area contributed by atoms with Gasteiger partial charge in [0.15, 0.2) is 11.6 Å². The minimum Gasteiger partial charge on any atom is -0.497 e. The molecule has 0 saturated carbocycles. The molecule has 4 heterocycles. The van der Waals surface area contributed by atoms with Gasteiger partial charge in [0.1, 0.15) is 17.1 Å². The third-order valence-electron chi connectivity index (χ3n) is 7.30. The molecule has 2 aliphatic rings. The Bertz CT molecular complexity index is 1500. The van der Waals surface area contributed by atoms with Crippen LogP contribution >= 0.6 is 0 Å². The van der Waals surface area contributed by atoms with Crippen LogP contribution in [0.2, 0.25) is 0 Å². The van der Waals surface area contributed by atoms with Crippen LogP contribution in [0.3, 0.4) is 0 Å². The van der Waals surface area contributed by atoms with Gasteiger partial charge in [0.2, 0.25) is 0 Å². The average Bonchev–Trinajstić information content (AvgIpc) is 3.29. The Morgan fingerprint density at radius 1 is 1.08 bits per heavy atom. The van der Waals surface area contributed by atoms with Gasteiger partial charge in [-0.2, -0.15) is 5.10 Å². The summed E-state index contributed by atoms with van der Waals surface area (Å²) in [6.45, 7) is 2.91. The van der Waals surface area contributed by atoms with Crippen molar-refractivity contribution in [1.82, 2.24) is 19.7 Å². The molecule has 2 aromatic heterocycles. The van der Waals surface area contributed by atoms with Crippen LogP contribution in [-0.4, -0.2) is 57.2 Å². The summed E-state index contributed by atoms with van der Waals surface area (Å²) in [6, 6.07) is 17.1. The standard InChI is InChI=1S/C28H26N4O4/c1-18-22(17-29-32(18)26-10-7-19-5-3-4-6-23(19)30-26)27(34)31-13-11-28(12-14-31)16-24(33)21-15-20(35-2)8-9-25(21)36-28/h3-10,15,17H,11-14,16H2,1-2H3. The van der Waals surface area contributed by atoms with Crippen LogP contribution in [-0.2, 0) is 0 Å². The smallest absolute Gasteiger partial charge is 0.257 e. The van der Waals surface area contributed by atoms with Gasteiger partial charge >= 0.3 is 0 Å². The zero-order chi connectivity index (χ0) is 24.9. The summed E-state index contributed by atoms with van der Waals surface area (Å²) in [7, 11) is 1.58. The second-order valence-corrected chi connectivity index (χ2v) is 9.46. The zero-order valence-electron chi connectivity index (χ0n) is 20.2. The highest BCUT2D eigenvalue weighted by molar-refractivity contribution is 6.01. The van der Waals surface area contributed by atoms with Crippen LogP contribution in [0.1, 0.15) is 45.7 Å². The van der Waals surface area contributed by atoms with E-state index in [2.05, 4.69) is 5.10 Å². The van der Waals surface area contributed by atoms with Crippen molar-refractivity contribution in [3.63, 3.8) is 0 Å². The van der Waals surface area contributed by atoms with Crippen molar-refractivity contribution >= 4 is 22.6 Å². The highest BCUT2D eigenvalue weighted by Crippen LogP contribution is 2.40. The number of nitrogens with zero attached hydrogens (tertiary/aromatic N) is 4. The molecule has 1 fully saturated rings. The van der Waals surface area contributed by atoms with Gasteiger partial charge in [-0.25, -0.2) is 9.67 Å². The summed E-state index contributed by atoms with van der Waals surface area (Å²) in [6.07, 6.45) is 3.10. The third kappa shape index (κ3) is 3.69. The van der Waals surface area contributed by atoms with Crippen molar-refractivity contribution in [1.29, 1.82) is 0 Å². The number of carbonyl (C=O) groups excluding carboxylic acids is 2. The fraction of sp³-hybridized carbons (Fsp3) is 0.286. The Balaban J connectivity index is 1.18. The number of Topliss-reactive ketones (excluding diaryl/α,β-unsaturated/α-hetero) is 1. The molecule has 6 rings (SSSR count). The van der Waals surface area contributed by atoms with E-state index in [1.807, 2.05) is 48.2 Å². The summed E-state index contributed by atoms with van der Waals surface area (Å²) in [4.78, 5) is 32.8. The first-order valence-corrected chi connectivity index (χ1v) is 12.1. The molecule has 4 aromatic rings. The quantitative estimate of drug-likeness (QED) is 0.431. The van der Waals surface area contributed by atoms with Gasteiger partial charge in [-0.15, -0.1) is 0 Å². The van der Waals surface area contributed by atoms with Gasteiger partial charge in [0.25, 0.3) is 5.91 Å². The number of rotatable bonds is 3. The number of carbonyl (C=O) groups is 2. The number of methoxy groups -OCH3 is 1. The van der Waals surface area contributed by atoms with E-state index in [0.29, 0.717) is 60.8 Å². The SMILES string of the molecule is COc1ccc2c(c1)C(=O)CC1(CCN(C(=O)c3cnn(-c4ccc5ccccc5n4)c3C)CC1)O2. The number of aromatic nitrogens is 3. The molecule has 8 nitrogen and oxygen atoms in total. The Morgan fingerprint density at radius 2 is 1.89 bits per heavy atom. The van der Waals surface area contributed by atoms with Crippen LogP contribution in [0.25, 0.3) is 16.7 Å². The van der Waals surface area contributed by atoms with Crippen LogP contribution in [0, 0.1) is 6.92 Å². The van der Waals surface area contributed by atoms with Gasteiger partial charge in [0, 0.05) is 31.3 Å². The summed E-state index contributed by atoms with van der Waals surface area (Å²) in [5.74, 6) is 1.88. The number of ether oxygens (including phenoxy) is 2. The normalized spacial score (nSPS) is 16.6. The molecular weight excluding hydrogens is 456 g/mol. The minimum absolute atomic E-state index is 0.0509. The lowest BCUT2D eigenvalue weighted by Crippen LogP contribution is -2.52. The minimum atomic E-state index is -0.580. The molecule has 1 amide bonds. The van der Waals surface area contributed by atoms with Crippen molar-refractivity contribution in [2.45, 2.75) is 31.8 Å². The van der Waals surface area contributed by atoms with Crippen molar-refractivity contribution in [2.24, 2.45) is 0 Å². The Labute approximate surface area is 208 Å². The third-order valence-corrected chi connectivity index (χ3v) is 7.30. The molecule has 1 spiro atoms. The Hall–Kier alpha value is -4.20. The number of fused-ring (bicyclic) bond motifs is 2. The zero-order valence-corrected chi connectivity index (χ0v) is 20.2. The number of pyridine rings is 1. The lowest BCUT2D eigenvalue weighted by Gasteiger charge is -2.44. The van der Waals surface area contributed by atoms with Gasteiger partial charge < -0.3 is 14.4 Å².